The highest BCUT2D eigenvalue weighted by molar-refractivity contribution is 6.30. The normalized spacial score (nSPS) is 10.5. The zero-order valence-electron chi connectivity index (χ0n) is 10.8. The van der Waals surface area contributed by atoms with Crippen LogP contribution in [0.2, 0.25) is 5.02 Å². The molecule has 0 amide bonds. The lowest BCUT2D eigenvalue weighted by Crippen LogP contribution is -2.16. The third kappa shape index (κ3) is 2.61. The standard InChI is InChI=1S/C14H10ClN5O/c15-11-3-1-9(2-4-11)12-18-14(16)20(19-12)13(21)10-5-7-17-8-6-10/h1-8H,(H2,16,18,19). The van der Waals surface area contributed by atoms with Crippen molar-refractivity contribution in [2.75, 3.05) is 5.73 Å². The van der Waals surface area contributed by atoms with Crippen molar-refractivity contribution in [2.45, 2.75) is 0 Å². The van der Waals surface area contributed by atoms with Gasteiger partial charge in [-0.1, -0.05) is 11.6 Å². The molecule has 0 radical (unpaired) electrons. The average Bonchev–Trinajstić information content (AvgIpc) is 2.90. The van der Waals surface area contributed by atoms with Gasteiger partial charge in [-0.25, -0.2) is 0 Å². The van der Waals surface area contributed by atoms with Gasteiger partial charge in [-0.05, 0) is 36.4 Å². The molecule has 1 aromatic carbocycles. The van der Waals surface area contributed by atoms with E-state index in [9.17, 15) is 4.79 Å². The topological polar surface area (TPSA) is 86.7 Å². The molecule has 0 aliphatic rings. The number of hydrogen-bond acceptors (Lipinski definition) is 5. The first-order chi connectivity index (χ1) is 10.1. The molecule has 0 aliphatic carbocycles. The van der Waals surface area contributed by atoms with Crippen LogP contribution in [0.5, 0.6) is 0 Å². The zero-order valence-corrected chi connectivity index (χ0v) is 11.5. The quantitative estimate of drug-likeness (QED) is 0.784. The number of carbonyl (C=O) groups is 1. The predicted octanol–water partition coefficient (Wildman–Crippen LogP) is 2.26. The summed E-state index contributed by atoms with van der Waals surface area (Å²) in [7, 11) is 0. The molecule has 7 heteroatoms. The Morgan fingerprint density at radius 2 is 1.76 bits per heavy atom. The van der Waals surface area contributed by atoms with Crippen molar-refractivity contribution < 1.29 is 4.79 Å². The summed E-state index contributed by atoms with van der Waals surface area (Å²) in [6, 6.07) is 10.1. The van der Waals surface area contributed by atoms with Crippen LogP contribution in [-0.2, 0) is 0 Å². The van der Waals surface area contributed by atoms with Crippen molar-refractivity contribution in [1.29, 1.82) is 0 Å². The minimum absolute atomic E-state index is 0.0294. The number of nitrogens with zero attached hydrogens (tertiary/aromatic N) is 4. The van der Waals surface area contributed by atoms with E-state index in [0.717, 1.165) is 10.2 Å². The Kier molecular flexibility index (Phi) is 3.37. The van der Waals surface area contributed by atoms with Crippen molar-refractivity contribution in [1.82, 2.24) is 19.7 Å². The van der Waals surface area contributed by atoms with Gasteiger partial charge in [-0.3, -0.25) is 9.78 Å². The number of nitrogens with two attached hydrogens (primary N) is 1. The Hall–Kier alpha value is -2.73. The molecule has 0 unspecified atom stereocenters. The van der Waals surface area contributed by atoms with Crippen LogP contribution in [0.3, 0.4) is 0 Å². The average molecular weight is 300 g/mol. The molecule has 6 nitrogen and oxygen atoms in total. The summed E-state index contributed by atoms with van der Waals surface area (Å²) in [4.78, 5) is 20.3. The van der Waals surface area contributed by atoms with Crippen molar-refractivity contribution in [3.8, 4) is 11.4 Å². The minimum atomic E-state index is -0.359. The highest BCUT2D eigenvalue weighted by Gasteiger charge is 2.16. The molecule has 0 aliphatic heterocycles. The van der Waals surface area contributed by atoms with E-state index in [1.165, 1.54) is 12.4 Å². The molecule has 0 atom stereocenters. The summed E-state index contributed by atoms with van der Waals surface area (Å²) in [5, 5.41) is 4.76. The van der Waals surface area contributed by atoms with Gasteiger partial charge in [0.05, 0.1) is 0 Å². The Balaban J connectivity index is 1.98. The molecule has 2 N–H and O–H groups in total. The van der Waals surface area contributed by atoms with E-state index in [2.05, 4.69) is 15.1 Å². The van der Waals surface area contributed by atoms with Gasteiger partial charge >= 0.3 is 0 Å². The summed E-state index contributed by atoms with van der Waals surface area (Å²) < 4.78 is 1.07. The number of pyridine rings is 1. The van der Waals surface area contributed by atoms with Gasteiger partial charge in [0, 0.05) is 28.5 Å². The number of rotatable bonds is 2. The zero-order chi connectivity index (χ0) is 14.8. The first-order valence-electron chi connectivity index (χ1n) is 6.08. The van der Waals surface area contributed by atoms with Crippen LogP contribution in [0.25, 0.3) is 11.4 Å². The molecule has 3 rings (SSSR count). The number of halogens is 1. The van der Waals surface area contributed by atoms with Gasteiger partial charge in [-0.15, -0.1) is 5.10 Å². The Labute approximate surface area is 125 Å². The van der Waals surface area contributed by atoms with Crippen molar-refractivity contribution in [3.05, 3.63) is 59.4 Å². The number of nitrogen functional groups attached to an aromatic ring is 1. The second-order valence-electron chi connectivity index (χ2n) is 4.25. The molecule has 0 saturated carbocycles. The molecule has 0 bridgehead atoms. The van der Waals surface area contributed by atoms with Crippen molar-refractivity contribution in [2.24, 2.45) is 0 Å². The molecule has 3 aromatic rings. The number of carbonyl (C=O) groups excluding carboxylic acids is 1. The minimum Gasteiger partial charge on any atom is -0.368 e. The van der Waals surface area contributed by atoms with E-state index in [0.29, 0.717) is 16.4 Å². The summed E-state index contributed by atoms with van der Waals surface area (Å²) >= 11 is 5.84. The molecule has 2 heterocycles. The molecule has 21 heavy (non-hydrogen) atoms. The lowest BCUT2D eigenvalue weighted by molar-refractivity contribution is 0.0948. The maximum absolute atomic E-state index is 12.3. The van der Waals surface area contributed by atoms with Crippen LogP contribution in [0.15, 0.2) is 48.8 Å². The third-order valence-electron chi connectivity index (χ3n) is 2.85. The maximum Gasteiger partial charge on any atom is 0.281 e. The van der Waals surface area contributed by atoms with E-state index < -0.39 is 0 Å². The molecule has 0 spiro atoms. The van der Waals surface area contributed by atoms with Gasteiger partial charge in [0.1, 0.15) is 0 Å². The Morgan fingerprint density at radius 1 is 1.10 bits per heavy atom. The number of benzene rings is 1. The molecule has 0 saturated heterocycles. The molecular formula is C14H10ClN5O. The number of anilines is 1. The van der Waals surface area contributed by atoms with Gasteiger partial charge in [-0.2, -0.15) is 9.67 Å². The van der Waals surface area contributed by atoms with Gasteiger partial charge < -0.3 is 5.73 Å². The number of aromatic nitrogens is 4. The van der Waals surface area contributed by atoms with E-state index in [4.69, 9.17) is 17.3 Å². The third-order valence-corrected chi connectivity index (χ3v) is 3.11. The van der Waals surface area contributed by atoms with Crippen molar-refractivity contribution in [3.63, 3.8) is 0 Å². The van der Waals surface area contributed by atoms with Crippen LogP contribution in [-0.4, -0.2) is 25.7 Å². The monoisotopic (exact) mass is 299 g/mol. The molecule has 2 aromatic heterocycles. The second-order valence-corrected chi connectivity index (χ2v) is 4.69. The first-order valence-corrected chi connectivity index (χ1v) is 6.46. The summed E-state index contributed by atoms with van der Waals surface area (Å²) in [5.74, 6) is 0.0379. The van der Waals surface area contributed by atoms with E-state index in [1.807, 2.05) is 0 Å². The lowest BCUT2D eigenvalue weighted by atomic mass is 10.2. The first kappa shape index (κ1) is 13.3. The molecule has 0 fully saturated rings. The summed E-state index contributed by atoms with van der Waals surface area (Å²) in [6.07, 6.45) is 3.06. The maximum atomic E-state index is 12.3. The van der Waals surface area contributed by atoms with Crippen LogP contribution in [0.1, 0.15) is 10.4 Å². The van der Waals surface area contributed by atoms with Gasteiger partial charge in [0.25, 0.3) is 5.91 Å². The summed E-state index contributed by atoms with van der Waals surface area (Å²) in [6.45, 7) is 0. The SMILES string of the molecule is Nc1nc(-c2ccc(Cl)cc2)nn1C(=O)c1ccncc1. The fourth-order valence-corrected chi connectivity index (χ4v) is 1.94. The second kappa shape index (κ2) is 5.34. The smallest absolute Gasteiger partial charge is 0.281 e. The van der Waals surface area contributed by atoms with E-state index >= 15 is 0 Å². The Morgan fingerprint density at radius 3 is 2.43 bits per heavy atom. The van der Waals surface area contributed by atoms with Gasteiger partial charge in [0.15, 0.2) is 5.82 Å². The highest BCUT2D eigenvalue weighted by Crippen LogP contribution is 2.19. The van der Waals surface area contributed by atoms with Gasteiger partial charge in [0.2, 0.25) is 5.95 Å². The van der Waals surface area contributed by atoms with E-state index in [1.54, 1.807) is 36.4 Å². The van der Waals surface area contributed by atoms with Crippen molar-refractivity contribution >= 4 is 23.5 Å². The van der Waals surface area contributed by atoms with E-state index in [-0.39, 0.29) is 11.9 Å². The number of hydrogen-bond donors (Lipinski definition) is 1. The van der Waals surface area contributed by atoms with Crippen LogP contribution >= 0.6 is 11.6 Å². The van der Waals surface area contributed by atoms with Crippen LogP contribution in [0.4, 0.5) is 5.95 Å². The fraction of sp³-hybridized carbons (Fsp3) is 0. The van der Waals surface area contributed by atoms with Crippen LogP contribution in [0, 0.1) is 0 Å². The summed E-state index contributed by atoms with van der Waals surface area (Å²) in [5.41, 5.74) is 6.94. The predicted molar refractivity (Wildman–Crippen MR) is 78.8 cm³/mol. The Bertz CT molecular complexity index is 783. The van der Waals surface area contributed by atoms with Crippen LogP contribution < -0.4 is 5.73 Å². The molecular weight excluding hydrogens is 290 g/mol. The molecule has 104 valence electrons. The lowest BCUT2D eigenvalue weighted by Gasteiger charge is -2.00. The largest absolute Gasteiger partial charge is 0.368 e. The fourth-order valence-electron chi connectivity index (χ4n) is 1.81. The highest BCUT2D eigenvalue weighted by atomic mass is 35.5.